The molecule has 0 aliphatic carbocycles. The quantitative estimate of drug-likeness (QED) is 0.889. The Labute approximate surface area is 152 Å². The summed E-state index contributed by atoms with van der Waals surface area (Å²) < 4.78 is 7.18. The second-order valence-electron chi connectivity index (χ2n) is 6.37. The zero-order valence-electron chi connectivity index (χ0n) is 15.0. The van der Waals surface area contributed by atoms with Gasteiger partial charge in [0.2, 0.25) is 0 Å². The molecule has 1 amide bonds. The predicted octanol–water partition coefficient (Wildman–Crippen LogP) is 2.77. The number of amides is 1. The van der Waals surface area contributed by atoms with Crippen molar-refractivity contribution < 1.29 is 19.4 Å². The number of carboxylic acid groups (broad SMARTS) is 1. The molecule has 26 heavy (non-hydrogen) atoms. The van der Waals surface area contributed by atoms with E-state index in [2.05, 4.69) is 5.10 Å². The summed E-state index contributed by atoms with van der Waals surface area (Å²) in [5.41, 5.74) is 1.54. The van der Waals surface area contributed by atoms with Crippen LogP contribution in [0.15, 0.2) is 30.5 Å². The summed E-state index contributed by atoms with van der Waals surface area (Å²) in [4.78, 5) is 25.7. The number of carboxylic acids is 1. The smallest absolute Gasteiger partial charge is 0.339 e. The van der Waals surface area contributed by atoms with Crippen molar-refractivity contribution in [2.24, 2.45) is 0 Å². The Bertz CT molecular complexity index is 790. The van der Waals surface area contributed by atoms with Crippen molar-refractivity contribution in [3.63, 3.8) is 0 Å². The fourth-order valence-corrected chi connectivity index (χ4v) is 3.36. The molecule has 0 saturated carbocycles. The topological polar surface area (TPSA) is 84.7 Å². The SMILES string of the molecule is CCOc1ccc(C(=O)N2CCC(n3ncc(C(=O)O)c3C)CC2)cc1. The number of aromatic nitrogens is 2. The molecule has 0 atom stereocenters. The maximum absolute atomic E-state index is 12.7. The minimum absolute atomic E-state index is 0.00918. The summed E-state index contributed by atoms with van der Waals surface area (Å²) in [6.07, 6.45) is 2.91. The highest BCUT2D eigenvalue weighted by molar-refractivity contribution is 5.94. The molecule has 138 valence electrons. The Hall–Kier alpha value is -2.83. The molecule has 0 unspecified atom stereocenters. The minimum atomic E-state index is -0.961. The first kappa shape index (κ1) is 18.0. The van der Waals surface area contributed by atoms with Crippen molar-refractivity contribution in [1.82, 2.24) is 14.7 Å². The summed E-state index contributed by atoms with van der Waals surface area (Å²) in [5.74, 6) is -0.196. The fourth-order valence-electron chi connectivity index (χ4n) is 3.36. The van der Waals surface area contributed by atoms with Gasteiger partial charge in [0.15, 0.2) is 0 Å². The van der Waals surface area contributed by atoms with Crippen molar-refractivity contribution in [1.29, 1.82) is 0 Å². The third-order valence-corrected chi connectivity index (χ3v) is 4.78. The second kappa shape index (κ2) is 7.59. The average molecular weight is 357 g/mol. The van der Waals surface area contributed by atoms with E-state index in [0.717, 1.165) is 18.6 Å². The van der Waals surface area contributed by atoms with Gasteiger partial charge in [0.05, 0.1) is 24.5 Å². The lowest BCUT2D eigenvalue weighted by molar-refractivity contribution is 0.0688. The van der Waals surface area contributed by atoms with Crippen molar-refractivity contribution >= 4 is 11.9 Å². The lowest BCUT2D eigenvalue weighted by Crippen LogP contribution is -2.39. The van der Waals surface area contributed by atoms with Crippen LogP contribution >= 0.6 is 0 Å². The Kier molecular flexibility index (Phi) is 5.25. The van der Waals surface area contributed by atoms with Gasteiger partial charge < -0.3 is 14.7 Å². The maximum Gasteiger partial charge on any atom is 0.339 e. The highest BCUT2D eigenvalue weighted by atomic mass is 16.5. The first-order valence-corrected chi connectivity index (χ1v) is 8.80. The van der Waals surface area contributed by atoms with Gasteiger partial charge in [-0.15, -0.1) is 0 Å². The van der Waals surface area contributed by atoms with E-state index in [1.54, 1.807) is 23.7 Å². The minimum Gasteiger partial charge on any atom is -0.494 e. The van der Waals surface area contributed by atoms with Crippen LogP contribution in [-0.2, 0) is 0 Å². The van der Waals surface area contributed by atoms with Gasteiger partial charge in [0, 0.05) is 18.7 Å². The molecule has 0 bridgehead atoms. The van der Waals surface area contributed by atoms with E-state index in [1.165, 1.54) is 6.20 Å². The van der Waals surface area contributed by atoms with Crippen molar-refractivity contribution in [3.8, 4) is 5.75 Å². The van der Waals surface area contributed by atoms with Gasteiger partial charge >= 0.3 is 5.97 Å². The van der Waals surface area contributed by atoms with Gasteiger partial charge in [0.1, 0.15) is 11.3 Å². The van der Waals surface area contributed by atoms with Gasteiger partial charge in [-0.25, -0.2) is 4.79 Å². The Morgan fingerprint density at radius 1 is 1.23 bits per heavy atom. The molecule has 1 aliphatic rings. The zero-order chi connectivity index (χ0) is 18.7. The van der Waals surface area contributed by atoms with E-state index in [1.807, 2.05) is 24.0 Å². The number of rotatable bonds is 5. The molecule has 7 nitrogen and oxygen atoms in total. The molecule has 2 aromatic rings. The van der Waals surface area contributed by atoms with Gasteiger partial charge in [0.25, 0.3) is 5.91 Å². The molecule has 3 rings (SSSR count). The fraction of sp³-hybridized carbons (Fsp3) is 0.421. The number of piperidine rings is 1. The van der Waals surface area contributed by atoms with Crippen LogP contribution in [0.3, 0.4) is 0 Å². The summed E-state index contributed by atoms with van der Waals surface area (Å²) >= 11 is 0. The van der Waals surface area contributed by atoms with Crippen molar-refractivity contribution in [2.45, 2.75) is 32.7 Å². The van der Waals surface area contributed by atoms with E-state index in [0.29, 0.717) is 31.0 Å². The number of nitrogens with zero attached hydrogens (tertiary/aromatic N) is 3. The first-order chi connectivity index (χ1) is 12.5. The average Bonchev–Trinajstić information content (AvgIpc) is 3.04. The predicted molar refractivity (Wildman–Crippen MR) is 95.7 cm³/mol. The van der Waals surface area contributed by atoms with Crippen LogP contribution in [0.2, 0.25) is 0 Å². The first-order valence-electron chi connectivity index (χ1n) is 8.80. The number of carbonyl (C=O) groups is 2. The van der Waals surface area contributed by atoms with Crippen LogP contribution in [-0.4, -0.2) is 51.4 Å². The molecule has 7 heteroatoms. The lowest BCUT2D eigenvalue weighted by atomic mass is 10.0. The number of aromatic carboxylic acids is 1. The number of likely N-dealkylation sites (tertiary alicyclic amines) is 1. The summed E-state index contributed by atoms with van der Waals surface area (Å²) in [5, 5.41) is 13.4. The third kappa shape index (κ3) is 3.56. The molecule has 1 aromatic heterocycles. The van der Waals surface area contributed by atoms with Gasteiger partial charge in [-0.3, -0.25) is 9.48 Å². The standard InChI is InChI=1S/C19H23N3O4/c1-3-26-16-6-4-14(5-7-16)18(23)21-10-8-15(9-11-21)22-13(2)17(12-20-22)19(24)25/h4-7,12,15H,3,8-11H2,1-2H3,(H,24,25). The molecule has 1 N–H and O–H groups in total. The van der Waals surface area contributed by atoms with Gasteiger partial charge in [-0.2, -0.15) is 5.10 Å². The molecule has 1 fully saturated rings. The number of hydrogen-bond acceptors (Lipinski definition) is 4. The molecular weight excluding hydrogens is 334 g/mol. The maximum atomic E-state index is 12.7. The van der Waals surface area contributed by atoms with Crippen LogP contribution in [0, 0.1) is 6.92 Å². The highest BCUT2D eigenvalue weighted by Crippen LogP contribution is 2.26. The molecule has 1 aromatic carbocycles. The van der Waals surface area contributed by atoms with Gasteiger partial charge in [-0.05, 0) is 51.0 Å². The zero-order valence-corrected chi connectivity index (χ0v) is 15.0. The highest BCUT2D eigenvalue weighted by Gasteiger charge is 2.27. The number of benzene rings is 1. The molecule has 1 aliphatic heterocycles. The van der Waals surface area contributed by atoms with E-state index < -0.39 is 5.97 Å². The molecule has 2 heterocycles. The summed E-state index contributed by atoms with van der Waals surface area (Å²) in [6.45, 7) is 5.53. The monoisotopic (exact) mass is 357 g/mol. The van der Waals surface area contributed by atoms with Gasteiger partial charge in [-0.1, -0.05) is 0 Å². The Morgan fingerprint density at radius 3 is 2.42 bits per heavy atom. The van der Waals surface area contributed by atoms with Crippen molar-refractivity contribution in [2.75, 3.05) is 19.7 Å². The molecule has 0 spiro atoms. The van der Waals surface area contributed by atoms with Crippen LogP contribution < -0.4 is 4.74 Å². The largest absolute Gasteiger partial charge is 0.494 e. The van der Waals surface area contributed by atoms with Crippen molar-refractivity contribution in [3.05, 3.63) is 47.3 Å². The molecular formula is C19H23N3O4. The van der Waals surface area contributed by atoms with Crippen LogP contribution in [0.1, 0.15) is 52.2 Å². The normalized spacial score (nSPS) is 15.1. The van der Waals surface area contributed by atoms with E-state index in [9.17, 15) is 9.59 Å². The molecule has 0 radical (unpaired) electrons. The van der Waals surface area contributed by atoms with E-state index in [4.69, 9.17) is 9.84 Å². The Balaban J connectivity index is 1.63. The number of carbonyl (C=O) groups excluding carboxylic acids is 1. The third-order valence-electron chi connectivity index (χ3n) is 4.78. The second-order valence-corrected chi connectivity index (χ2v) is 6.37. The lowest BCUT2D eigenvalue weighted by Gasteiger charge is -2.32. The Morgan fingerprint density at radius 2 is 1.88 bits per heavy atom. The van der Waals surface area contributed by atoms with Crippen LogP contribution in [0.4, 0.5) is 0 Å². The van der Waals surface area contributed by atoms with Crippen LogP contribution in [0.25, 0.3) is 0 Å². The number of hydrogen-bond donors (Lipinski definition) is 1. The van der Waals surface area contributed by atoms with E-state index >= 15 is 0 Å². The summed E-state index contributed by atoms with van der Waals surface area (Å²) in [7, 11) is 0. The van der Waals surface area contributed by atoms with Crippen LogP contribution in [0.5, 0.6) is 5.75 Å². The summed E-state index contributed by atoms with van der Waals surface area (Å²) in [6, 6.07) is 7.31. The number of ether oxygens (including phenoxy) is 1. The molecule has 1 saturated heterocycles. The van der Waals surface area contributed by atoms with E-state index in [-0.39, 0.29) is 17.5 Å².